The number of benzene rings is 1. The van der Waals surface area contributed by atoms with E-state index < -0.39 is 0 Å². The van der Waals surface area contributed by atoms with Crippen molar-refractivity contribution in [3.05, 3.63) is 41.6 Å². The summed E-state index contributed by atoms with van der Waals surface area (Å²) in [5.41, 5.74) is 9.57. The van der Waals surface area contributed by atoms with Crippen molar-refractivity contribution in [2.75, 3.05) is 13.1 Å². The third kappa shape index (κ3) is 3.09. The molecule has 1 saturated heterocycles. The van der Waals surface area contributed by atoms with Gasteiger partial charge in [0.2, 0.25) is 0 Å². The zero-order chi connectivity index (χ0) is 14.8. The molecule has 0 spiro atoms. The summed E-state index contributed by atoms with van der Waals surface area (Å²) in [6.07, 6.45) is 2.50. The number of nitrogens with two attached hydrogens (primary N) is 1. The lowest BCUT2D eigenvalue weighted by molar-refractivity contribution is 0.115. The van der Waals surface area contributed by atoms with E-state index in [1.807, 2.05) is 0 Å². The smallest absolute Gasteiger partial charge is 0.0708 e. The maximum atomic E-state index is 6.00. The summed E-state index contributed by atoms with van der Waals surface area (Å²) in [4.78, 5) is 7.19. The lowest BCUT2D eigenvalue weighted by Gasteiger charge is -2.38. The van der Waals surface area contributed by atoms with Crippen molar-refractivity contribution < 1.29 is 0 Å². The van der Waals surface area contributed by atoms with E-state index in [0.717, 1.165) is 36.8 Å². The van der Waals surface area contributed by atoms with Crippen LogP contribution in [0.3, 0.4) is 0 Å². The van der Waals surface area contributed by atoms with Crippen LogP contribution < -0.4 is 5.73 Å². The van der Waals surface area contributed by atoms with Gasteiger partial charge in [-0.05, 0) is 49.9 Å². The van der Waals surface area contributed by atoms with Gasteiger partial charge in [0.05, 0.1) is 5.52 Å². The molecular formula is C18H25N3. The normalized spacial score (nSPS) is 23.6. The Morgan fingerprint density at radius 3 is 2.95 bits per heavy atom. The van der Waals surface area contributed by atoms with Crippen molar-refractivity contribution in [2.24, 2.45) is 11.7 Å². The molecule has 3 nitrogen and oxygen atoms in total. The molecule has 112 valence electrons. The molecule has 1 aromatic carbocycles. The fourth-order valence-electron chi connectivity index (χ4n) is 3.50. The molecule has 1 fully saturated rings. The van der Waals surface area contributed by atoms with Gasteiger partial charge in [0.25, 0.3) is 0 Å². The fraction of sp³-hybridized carbons (Fsp3) is 0.500. The minimum absolute atomic E-state index is 0.515. The van der Waals surface area contributed by atoms with Crippen LogP contribution in [0.15, 0.2) is 30.3 Å². The van der Waals surface area contributed by atoms with Gasteiger partial charge in [0.15, 0.2) is 0 Å². The van der Waals surface area contributed by atoms with E-state index in [-0.39, 0.29) is 0 Å². The van der Waals surface area contributed by atoms with Crippen LogP contribution >= 0.6 is 0 Å². The second-order valence-corrected chi connectivity index (χ2v) is 6.43. The Kier molecular flexibility index (Phi) is 4.22. The molecule has 2 heterocycles. The van der Waals surface area contributed by atoms with Gasteiger partial charge in [-0.3, -0.25) is 9.88 Å². The minimum atomic E-state index is 0.515. The number of rotatable bonds is 3. The number of fused-ring (bicyclic) bond motifs is 1. The summed E-state index contributed by atoms with van der Waals surface area (Å²) in [6.45, 7) is 7.31. The van der Waals surface area contributed by atoms with E-state index in [4.69, 9.17) is 5.73 Å². The van der Waals surface area contributed by atoms with Crippen LogP contribution in [-0.2, 0) is 6.54 Å². The largest absolute Gasteiger partial charge is 0.329 e. The molecule has 2 aromatic rings. The zero-order valence-electron chi connectivity index (χ0n) is 13.0. The number of aryl methyl sites for hydroxylation is 1. The highest BCUT2D eigenvalue weighted by molar-refractivity contribution is 5.82. The average molecular weight is 283 g/mol. The summed E-state index contributed by atoms with van der Waals surface area (Å²) in [5.74, 6) is 0.797. The molecular weight excluding hydrogens is 258 g/mol. The maximum Gasteiger partial charge on any atom is 0.0708 e. The molecule has 2 unspecified atom stereocenters. The molecule has 0 saturated carbocycles. The summed E-state index contributed by atoms with van der Waals surface area (Å²) in [6, 6.07) is 11.2. The van der Waals surface area contributed by atoms with E-state index in [9.17, 15) is 0 Å². The highest BCUT2D eigenvalue weighted by Gasteiger charge is 2.25. The van der Waals surface area contributed by atoms with Gasteiger partial charge in [-0.25, -0.2) is 0 Å². The number of pyridine rings is 1. The third-order valence-electron chi connectivity index (χ3n) is 4.68. The molecule has 0 aliphatic carbocycles. The van der Waals surface area contributed by atoms with E-state index in [2.05, 4.69) is 54.1 Å². The lowest BCUT2D eigenvalue weighted by atomic mass is 9.92. The van der Waals surface area contributed by atoms with Crippen LogP contribution in [-0.4, -0.2) is 29.0 Å². The Bertz CT molecular complexity index is 623. The maximum absolute atomic E-state index is 6.00. The van der Waals surface area contributed by atoms with Crippen molar-refractivity contribution in [3.8, 4) is 0 Å². The Labute approximate surface area is 127 Å². The number of aromatic nitrogens is 1. The van der Waals surface area contributed by atoms with Gasteiger partial charge >= 0.3 is 0 Å². The van der Waals surface area contributed by atoms with Crippen molar-refractivity contribution >= 4 is 10.9 Å². The molecule has 1 aliphatic heterocycles. The van der Waals surface area contributed by atoms with E-state index in [0.29, 0.717) is 6.04 Å². The standard InChI is InChI=1S/C18H25N3/c1-13-7-8-21(16(9-13)11-19)12-15-10-14(2)20-18-6-4-3-5-17(15)18/h3-6,10,13,16H,7-9,11-12,19H2,1-2H3. The first-order valence-corrected chi connectivity index (χ1v) is 7.96. The molecule has 0 bridgehead atoms. The van der Waals surface area contributed by atoms with Gasteiger partial charge in [-0.15, -0.1) is 0 Å². The first kappa shape index (κ1) is 14.5. The first-order chi connectivity index (χ1) is 10.2. The minimum Gasteiger partial charge on any atom is -0.329 e. The predicted molar refractivity (Wildman–Crippen MR) is 88.1 cm³/mol. The first-order valence-electron chi connectivity index (χ1n) is 7.96. The van der Waals surface area contributed by atoms with E-state index in [1.54, 1.807) is 0 Å². The molecule has 0 radical (unpaired) electrons. The van der Waals surface area contributed by atoms with Crippen LogP contribution in [0.2, 0.25) is 0 Å². The molecule has 1 aromatic heterocycles. The van der Waals surface area contributed by atoms with Crippen LogP contribution in [0.4, 0.5) is 0 Å². The number of likely N-dealkylation sites (tertiary alicyclic amines) is 1. The van der Waals surface area contributed by atoms with Crippen molar-refractivity contribution in [1.82, 2.24) is 9.88 Å². The van der Waals surface area contributed by atoms with E-state index in [1.165, 1.54) is 23.8 Å². The Morgan fingerprint density at radius 1 is 1.33 bits per heavy atom. The number of hydrogen-bond donors (Lipinski definition) is 1. The number of hydrogen-bond acceptors (Lipinski definition) is 3. The van der Waals surface area contributed by atoms with Crippen LogP contribution in [0, 0.1) is 12.8 Å². The number of para-hydroxylation sites is 1. The highest BCUT2D eigenvalue weighted by atomic mass is 15.2. The molecule has 21 heavy (non-hydrogen) atoms. The summed E-state index contributed by atoms with van der Waals surface area (Å²) >= 11 is 0. The molecule has 1 aliphatic rings. The molecule has 2 atom stereocenters. The molecule has 3 heteroatoms. The topological polar surface area (TPSA) is 42.1 Å². The Morgan fingerprint density at radius 2 is 2.14 bits per heavy atom. The van der Waals surface area contributed by atoms with Gasteiger partial charge in [0, 0.05) is 30.2 Å². The average Bonchev–Trinajstić information content (AvgIpc) is 2.48. The highest BCUT2D eigenvalue weighted by Crippen LogP contribution is 2.26. The lowest BCUT2D eigenvalue weighted by Crippen LogP contribution is -2.45. The molecule has 3 rings (SSSR count). The second-order valence-electron chi connectivity index (χ2n) is 6.43. The number of piperidine rings is 1. The van der Waals surface area contributed by atoms with Crippen molar-refractivity contribution in [3.63, 3.8) is 0 Å². The Balaban J connectivity index is 1.90. The van der Waals surface area contributed by atoms with Crippen molar-refractivity contribution in [1.29, 1.82) is 0 Å². The van der Waals surface area contributed by atoms with Crippen molar-refractivity contribution in [2.45, 2.75) is 39.3 Å². The zero-order valence-corrected chi connectivity index (χ0v) is 13.0. The van der Waals surface area contributed by atoms with Crippen LogP contribution in [0.5, 0.6) is 0 Å². The SMILES string of the molecule is Cc1cc(CN2CCC(C)CC2CN)c2ccccc2n1. The molecule has 2 N–H and O–H groups in total. The number of nitrogens with zero attached hydrogens (tertiary/aromatic N) is 2. The third-order valence-corrected chi connectivity index (χ3v) is 4.68. The quantitative estimate of drug-likeness (QED) is 0.941. The van der Waals surface area contributed by atoms with Crippen LogP contribution in [0.25, 0.3) is 10.9 Å². The summed E-state index contributed by atoms with van der Waals surface area (Å²) in [5, 5.41) is 1.28. The second kappa shape index (κ2) is 6.12. The van der Waals surface area contributed by atoms with E-state index >= 15 is 0 Å². The predicted octanol–water partition coefficient (Wildman–Crippen LogP) is 3.10. The van der Waals surface area contributed by atoms with Gasteiger partial charge in [-0.1, -0.05) is 25.1 Å². The van der Waals surface area contributed by atoms with Crippen LogP contribution in [0.1, 0.15) is 31.0 Å². The summed E-state index contributed by atoms with van der Waals surface area (Å²) in [7, 11) is 0. The summed E-state index contributed by atoms with van der Waals surface area (Å²) < 4.78 is 0. The molecule has 0 amide bonds. The van der Waals surface area contributed by atoms with Gasteiger partial charge in [0.1, 0.15) is 0 Å². The Hall–Kier alpha value is -1.45. The fourth-order valence-corrected chi connectivity index (χ4v) is 3.50. The van der Waals surface area contributed by atoms with Gasteiger partial charge in [-0.2, -0.15) is 0 Å². The monoisotopic (exact) mass is 283 g/mol. The van der Waals surface area contributed by atoms with Gasteiger partial charge < -0.3 is 5.73 Å².